The number of nitrogens with zero attached hydrogens (tertiary/aromatic N) is 2. The van der Waals surface area contributed by atoms with Crippen LogP contribution >= 0.6 is 0 Å². The molecule has 0 aliphatic rings. The molecule has 0 saturated carbocycles. The SMILES string of the molecule is CC(C)C(=O)COCCCCCN(C)C(C)C.CC(C)C(=O)COCCOCCN(C)C(C)C.CC(C)CC#CC#CCOCC(=O)C(C)C.CC(C)CC#CC#CCOCCC(=O)C(C)C.CC(C)CCCCCCOCC(=O)C(C)C.CC(C)CCCOCCOCC(=O)C(C)C.CC(C)CCOCCOC(=O)C(C)C.CC(C)CCOCCOCC(=O)C(C)C.CC(C)CCOCCOCCC(=O)C(C)C. The van der Waals surface area contributed by atoms with Crippen LogP contribution in [0.25, 0.3) is 0 Å². The molecule has 0 fully saturated rings. The predicted molar refractivity (Wildman–Crippen MR) is 594 cm³/mol. The molecule has 0 unspecified atom stereocenters. The molecule has 0 aliphatic heterocycles. The third kappa shape index (κ3) is 141. The maximum Gasteiger partial charge on any atom is 0.308 e. The maximum absolute atomic E-state index is 11.3. The van der Waals surface area contributed by atoms with Crippen LogP contribution in [0.3, 0.4) is 0 Å². The van der Waals surface area contributed by atoms with Crippen molar-refractivity contribution < 1.29 is 109 Å². The smallest absolute Gasteiger partial charge is 0.308 e. The number of ketones is 8. The number of ether oxygens (including phenoxy) is 14. The maximum atomic E-state index is 11.3. The summed E-state index contributed by atoms with van der Waals surface area (Å²) in [7, 11) is 4.23. The fourth-order valence-electron chi connectivity index (χ4n) is 9.45. The highest BCUT2D eigenvalue weighted by Gasteiger charge is 2.15. The fourth-order valence-corrected chi connectivity index (χ4v) is 9.45. The number of rotatable bonds is 77. The van der Waals surface area contributed by atoms with Crippen LogP contribution in [0.1, 0.15) is 358 Å². The van der Waals surface area contributed by atoms with Crippen molar-refractivity contribution in [2.24, 2.45) is 94.7 Å². The normalized spacial score (nSPS) is 11.0. The highest BCUT2D eigenvalue weighted by atomic mass is 16.6. The molecule has 0 aromatic rings. The highest BCUT2D eigenvalue weighted by molar-refractivity contribution is 5.84. The van der Waals surface area contributed by atoms with E-state index in [4.69, 9.17) is 66.3 Å². The molecule has 25 nitrogen and oxygen atoms in total. The first-order chi connectivity index (χ1) is 67.7. The van der Waals surface area contributed by atoms with Crippen LogP contribution < -0.4 is 0 Å². The van der Waals surface area contributed by atoms with E-state index in [-0.39, 0.29) is 145 Å². The van der Waals surface area contributed by atoms with Crippen LogP contribution in [-0.4, -0.2) is 280 Å². The average Bonchev–Trinajstić information content (AvgIpc) is 1.06. The molecule has 848 valence electrons. The molecule has 0 radical (unpaired) electrons. The van der Waals surface area contributed by atoms with Gasteiger partial charge in [0.2, 0.25) is 0 Å². The lowest BCUT2D eigenvalue weighted by molar-refractivity contribution is -0.149. The second-order valence-electron chi connectivity index (χ2n) is 42.6. The quantitative estimate of drug-likeness (QED) is 0.0310. The minimum atomic E-state index is -0.155. The van der Waals surface area contributed by atoms with Gasteiger partial charge in [0.15, 0.2) is 34.7 Å². The number of likely N-dealkylation sites (N-methyl/N-ethyl adjacent to an activating group) is 1. The molecule has 144 heavy (non-hydrogen) atoms. The molecular formula is C119H224N2O23. The number of carbonyl (C=O) groups excluding carboxylic acids is 9. The zero-order valence-electron chi connectivity index (χ0n) is 99.7. The Balaban J connectivity index is -0.000000204. The molecule has 0 aliphatic carbocycles. The molecule has 0 heterocycles. The molecule has 0 atom stereocenters. The molecule has 0 bridgehead atoms. The van der Waals surface area contributed by atoms with Gasteiger partial charge in [0, 0.05) is 131 Å². The molecule has 0 saturated heterocycles. The summed E-state index contributed by atoms with van der Waals surface area (Å²) in [4.78, 5) is 105. The Labute approximate surface area is 884 Å². The lowest BCUT2D eigenvalue weighted by Gasteiger charge is -2.20. The molecule has 0 aromatic carbocycles. The zero-order valence-corrected chi connectivity index (χ0v) is 99.7. The van der Waals surface area contributed by atoms with Crippen molar-refractivity contribution in [1.29, 1.82) is 0 Å². The Hall–Kier alpha value is -5.53. The van der Waals surface area contributed by atoms with Crippen LogP contribution in [0.5, 0.6) is 0 Å². The summed E-state index contributed by atoms with van der Waals surface area (Å²) in [5.74, 6) is 29.0. The van der Waals surface area contributed by atoms with Crippen molar-refractivity contribution in [3.63, 3.8) is 0 Å². The van der Waals surface area contributed by atoms with Gasteiger partial charge in [0.1, 0.15) is 71.0 Å². The van der Waals surface area contributed by atoms with Crippen molar-refractivity contribution in [2.75, 3.05) is 206 Å². The number of unbranched alkanes of at least 4 members (excludes halogenated alkanes) is 5. The summed E-state index contributed by atoms with van der Waals surface area (Å²) < 4.78 is 73.7. The summed E-state index contributed by atoms with van der Waals surface area (Å²) in [6.07, 6.45) is 17.9. The summed E-state index contributed by atoms with van der Waals surface area (Å²) >= 11 is 0. The van der Waals surface area contributed by atoms with Crippen molar-refractivity contribution >= 4 is 52.2 Å². The Bertz CT molecular complexity index is 3080. The van der Waals surface area contributed by atoms with Gasteiger partial charge in [-0.3, -0.25) is 43.2 Å². The Morgan fingerprint density at radius 3 is 0.771 bits per heavy atom. The van der Waals surface area contributed by atoms with E-state index in [0.717, 1.165) is 109 Å². The summed E-state index contributed by atoms with van der Waals surface area (Å²) in [6, 6.07) is 1.16. The lowest BCUT2D eigenvalue weighted by atomic mass is 10.0. The molecule has 0 aromatic heterocycles. The minimum Gasteiger partial charge on any atom is -0.463 e. The van der Waals surface area contributed by atoms with Gasteiger partial charge in [-0.2, -0.15) is 0 Å². The van der Waals surface area contributed by atoms with E-state index in [9.17, 15) is 43.2 Å². The van der Waals surface area contributed by atoms with E-state index in [0.29, 0.717) is 160 Å². The molecule has 0 amide bonds. The van der Waals surface area contributed by atoms with Gasteiger partial charge in [-0.1, -0.05) is 271 Å². The van der Waals surface area contributed by atoms with E-state index in [1.54, 1.807) is 0 Å². The summed E-state index contributed by atoms with van der Waals surface area (Å²) in [5, 5.41) is 0. The van der Waals surface area contributed by atoms with Crippen molar-refractivity contribution in [1.82, 2.24) is 9.80 Å². The van der Waals surface area contributed by atoms with E-state index in [1.165, 1.54) is 44.9 Å². The number of hydrogen-bond donors (Lipinski definition) is 0. The van der Waals surface area contributed by atoms with Crippen LogP contribution in [0.15, 0.2) is 0 Å². The van der Waals surface area contributed by atoms with Gasteiger partial charge >= 0.3 is 5.97 Å². The number of hydrogen-bond acceptors (Lipinski definition) is 25. The summed E-state index contributed by atoms with van der Waals surface area (Å²) in [5.41, 5.74) is 0. The first-order valence-electron chi connectivity index (χ1n) is 54.9. The van der Waals surface area contributed by atoms with Gasteiger partial charge in [0.05, 0.1) is 85.2 Å². The molecule has 25 heteroatoms. The summed E-state index contributed by atoms with van der Waals surface area (Å²) in [6.45, 7) is 88.6. The van der Waals surface area contributed by atoms with Gasteiger partial charge in [0.25, 0.3) is 0 Å². The molecule has 0 N–H and O–H groups in total. The Morgan fingerprint density at radius 1 is 0.201 bits per heavy atom. The van der Waals surface area contributed by atoms with Crippen LogP contribution in [0, 0.1) is 142 Å². The van der Waals surface area contributed by atoms with Crippen LogP contribution in [0.2, 0.25) is 0 Å². The monoisotopic (exact) mass is 2050 g/mol. The van der Waals surface area contributed by atoms with Gasteiger partial charge in [-0.05, 0) is 171 Å². The Kier molecular flexibility index (Phi) is 124. The van der Waals surface area contributed by atoms with E-state index >= 15 is 0 Å². The highest BCUT2D eigenvalue weighted by Crippen LogP contribution is 2.12. The van der Waals surface area contributed by atoms with Crippen LogP contribution in [-0.2, 0) is 109 Å². The second kappa shape index (κ2) is 115. The third-order valence-electron chi connectivity index (χ3n) is 20.9. The molecule has 0 spiro atoms. The first kappa shape index (κ1) is 156. The van der Waals surface area contributed by atoms with E-state index < -0.39 is 0 Å². The second-order valence-corrected chi connectivity index (χ2v) is 42.6. The largest absolute Gasteiger partial charge is 0.463 e. The lowest BCUT2D eigenvalue weighted by Crippen LogP contribution is -2.30. The molecule has 0 rings (SSSR count). The van der Waals surface area contributed by atoms with Gasteiger partial charge in [-0.15, -0.1) is 0 Å². The van der Waals surface area contributed by atoms with Gasteiger partial charge in [-0.25, -0.2) is 0 Å². The number of carbonyl (C=O) groups is 9. The van der Waals surface area contributed by atoms with Crippen LogP contribution in [0.4, 0.5) is 0 Å². The number of Topliss-reactive ketones (excluding diaryl/α,β-unsaturated/α-hetero) is 8. The van der Waals surface area contributed by atoms with Gasteiger partial charge < -0.3 is 76.1 Å². The Morgan fingerprint density at radius 2 is 0.451 bits per heavy atom. The first-order valence-corrected chi connectivity index (χ1v) is 54.9. The zero-order chi connectivity index (χ0) is 112. The fraction of sp³-hybridized carbons (Fsp3) is 0.857. The third-order valence-corrected chi connectivity index (χ3v) is 20.9. The van der Waals surface area contributed by atoms with Crippen molar-refractivity contribution in [3.8, 4) is 47.4 Å². The van der Waals surface area contributed by atoms with E-state index in [2.05, 4.69) is 196 Å². The minimum absolute atomic E-state index is 0.0267. The van der Waals surface area contributed by atoms with E-state index in [1.807, 2.05) is 125 Å². The number of esters is 1. The molecular weight excluding hydrogens is 1830 g/mol. The van der Waals surface area contributed by atoms with Crippen molar-refractivity contribution in [2.45, 2.75) is 370 Å². The standard InChI is InChI=1S/C15H22O2.C14H29NO2.C14H28O2.C14H20O2.C13H27NO3.2C13H26O3.C12H24O3.C11H22O3/c1-13(2)9-7-5-6-8-11-17-12-10-15(16)14(3)4;1-12(2)14(16)11-17-10-8-6-7-9-15(5)13(3)4;2*1-12(2)9-7-5-6-8-10-16-11-14(15)13(3)4;1-11(2)13(15)10-17-9-8-16-7-6-14(5)12(3)4;1-11(2)5-7-15-9-10-16-8-6-13(14)12(3)4;1-11(2)6-5-7-15-8-9-16-10-13(14)12(3)4;1-10(2)5-6-14-7-8-15-9-12(13)11(3)4;1-9(2)5-6-13-7-8-14-11(12)10(3)4/h13-14H,9-12H2,1-4H3;12-13H,6-11H2,1-5H3;12-13H,5-11H2,1-4H3;12-13H,9-11H2,1-4H3;11-12H,6-10H2,1-5H3;2*11-12H,5-10H2,1-4H3;10-11H,5-9H2,1-4H3;9-10H,5-8H2,1-4H3. The average molecular weight is 2050 g/mol. The topological polar surface area (TPSA) is 289 Å². The predicted octanol–water partition coefficient (Wildman–Crippen LogP) is 23.0. The van der Waals surface area contributed by atoms with Crippen molar-refractivity contribution in [3.05, 3.63) is 0 Å².